The fourth-order valence-corrected chi connectivity index (χ4v) is 4.04. The molecule has 0 radical (unpaired) electrons. The lowest BCUT2D eigenvalue weighted by Gasteiger charge is -2.31. The van der Waals surface area contributed by atoms with Crippen molar-refractivity contribution < 1.29 is 23.9 Å². The molecule has 2 amide bonds. The van der Waals surface area contributed by atoms with Gasteiger partial charge in [0.05, 0.1) is 12.3 Å². The maximum absolute atomic E-state index is 12.7. The van der Waals surface area contributed by atoms with E-state index in [1.807, 2.05) is 31.2 Å². The second-order valence-electron chi connectivity index (χ2n) is 8.01. The Bertz CT molecular complexity index is 1050. The highest BCUT2D eigenvalue weighted by molar-refractivity contribution is 6.03. The molecule has 2 aromatic rings. The van der Waals surface area contributed by atoms with Gasteiger partial charge in [0.1, 0.15) is 0 Å². The van der Waals surface area contributed by atoms with Crippen LogP contribution in [0.2, 0.25) is 0 Å². The number of hydrogen-bond donors (Lipinski definition) is 1. The number of fused-ring (bicyclic) bond motifs is 1. The van der Waals surface area contributed by atoms with Crippen LogP contribution >= 0.6 is 0 Å². The molecule has 0 aliphatic carbocycles. The number of carbonyl (C=O) groups excluding carboxylic acids is 4. The zero-order valence-electron chi connectivity index (χ0n) is 17.3. The molecule has 0 bridgehead atoms. The van der Waals surface area contributed by atoms with Gasteiger partial charge < -0.3 is 15.0 Å². The van der Waals surface area contributed by atoms with Crippen LogP contribution in [0.1, 0.15) is 44.7 Å². The molecular formula is C24H24N2O5. The summed E-state index contributed by atoms with van der Waals surface area (Å²) in [5.41, 5.74) is 3.51. The number of anilines is 1. The van der Waals surface area contributed by atoms with E-state index in [1.54, 1.807) is 23.1 Å². The summed E-state index contributed by atoms with van der Waals surface area (Å²) in [4.78, 5) is 50.8. The van der Waals surface area contributed by atoms with E-state index < -0.39 is 5.97 Å². The highest BCUT2D eigenvalue weighted by Crippen LogP contribution is 2.25. The first-order chi connectivity index (χ1) is 14.9. The van der Waals surface area contributed by atoms with Gasteiger partial charge in [-0.2, -0.15) is 0 Å². The van der Waals surface area contributed by atoms with Crippen molar-refractivity contribution in [3.63, 3.8) is 0 Å². The standard InChI is InChI=1S/C24H24N2O5/c1-15-4-2-3-5-19(15)23(29)26-10-8-16(9-11-26)24(30)31-14-21(27)17-6-7-20-18(12-17)13-22(28)25-20/h2-7,12,16H,8-11,13-14H2,1H3,(H,25,28). The normalized spacial score (nSPS) is 15.9. The van der Waals surface area contributed by atoms with E-state index in [9.17, 15) is 19.2 Å². The molecule has 2 aliphatic rings. The van der Waals surface area contributed by atoms with Gasteiger partial charge in [0.25, 0.3) is 5.91 Å². The van der Waals surface area contributed by atoms with Crippen LogP contribution in [0.4, 0.5) is 5.69 Å². The summed E-state index contributed by atoms with van der Waals surface area (Å²) in [6.45, 7) is 2.53. The maximum Gasteiger partial charge on any atom is 0.309 e. The molecule has 2 heterocycles. The number of ketones is 1. The summed E-state index contributed by atoms with van der Waals surface area (Å²) < 4.78 is 5.26. The monoisotopic (exact) mass is 420 g/mol. The minimum atomic E-state index is -0.408. The molecule has 2 aliphatic heterocycles. The van der Waals surface area contributed by atoms with Gasteiger partial charge in [-0.05, 0) is 55.2 Å². The highest BCUT2D eigenvalue weighted by atomic mass is 16.5. The van der Waals surface area contributed by atoms with E-state index in [2.05, 4.69) is 5.32 Å². The Morgan fingerprint density at radius 3 is 2.58 bits per heavy atom. The van der Waals surface area contributed by atoms with Gasteiger partial charge in [-0.3, -0.25) is 19.2 Å². The van der Waals surface area contributed by atoms with Crippen molar-refractivity contribution in [1.82, 2.24) is 4.90 Å². The molecular weight excluding hydrogens is 396 g/mol. The van der Waals surface area contributed by atoms with Crippen LogP contribution in [0.5, 0.6) is 0 Å². The number of esters is 1. The largest absolute Gasteiger partial charge is 0.457 e. The van der Waals surface area contributed by atoms with Crippen molar-refractivity contribution in [2.45, 2.75) is 26.2 Å². The Morgan fingerprint density at radius 2 is 1.84 bits per heavy atom. The van der Waals surface area contributed by atoms with Crippen LogP contribution in [0.15, 0.2) is 42.5 Å². The lowest BCUT2D eigenvalue weighted by Crippen LogP contribution is -2.41. The number of nitrogens with zero attached hydrogens (tertiary/aromatic N) is 1. The number of nitrogens with one attached hydrogen (secondary N) is 1. The molecule has 0 unspecified atom stereocenters. The van der Waals surface area contributed by atoms with Crippen molar-refractivity contribution >= 4 is 29.3 Å². The van der Waals surface area contributed by atoms with Crippen molar-refractivity contribution in [2.75, 3.05) is 25.0 Å². The summed E-state index contributed by atoms with van der Waals surface area (Å²) >= 11 is 0. The predicted molar refractivity (Wildman–Crippen MR) is 114 cm³/mol. The van der Waals surface area contributed by atoms with Crippen molar-refractivity contribution in [1.29, 1.82) is 0 Å². The number of benzene rings is 2. The average molecular weight is 420 g/mol. The van der Waals surface area contributed by atoms with Crippen LogP contribution in [-0.2, 0) is 20.7 Å². The summed E-state index contributed by atoms with van der Waals surface area (Å²) in [7, 11) is 0. The lowest BCUT2D eigenvalue weighted by molar-refractivity contribution is -0.148. The zero-order valence-corrected chi connectivity index (χ0v) is 17.3. The number of Topliss-reactive ketones (excluding diaryl/α,β-unsaturated/α-hetero) is 1. The van der Waals surface area contributed by atoms with Crippen LogP contribution in [0, 0.1) is 12.8 Å². The molecule has 7 nitrogen and oxygen atoms in total. The van der Waals surface area contributed by atoms with Gasteiger partial charge in [0.2, 0.25) is 5.91 Å². The van der Waals surface area contributed by atoms with E-state index >= 15 is 0 Å². The first kappa shape index (κ1) is 20.8. The van der Waals surface area contributed by atoms with Gasteiger partial charge in [-0.25, -0.2) is 0 Å². The number of aryl methyl sites for hydroxylation is 1. The van der Waals surface area contributed by atoms with Gasteiger partial charge in [0.15, 0.2) is 12.4 Å². The van der Waals surface area contributed by atoms with E-state index in [-0.39, 0.29) is 36.5 Å². The molecule has 0 atom stereocenters. The van der Waals surface area contributed by atoms with Crippen LogP contribution in [0.25, 0.3) is 0 Å². The number of amides is 2. The van der Waals surface area contributed by atoms with Crippen LogP contribution in [-0.4, -0.2) is 48.2 Å². The molecule has 7 heteroatoms. The van der Waals surface area contributed by atoms with E-state index in [0.29, 0.717) is 42.7 Å². The van der Waals surface area contributed by atoms with E-state index in [0.717, 1.165) is 11.1 Å². The van der Waals surface area contributed by atoms with Crippen LogP contribution < -0.4 is 5.32 Å². The average Bonchev–Trinajstić information content (AvgIpc) is 3.16. The molecule has 0 saturated carbocycles. The number of piperidine rings is 1. The Morgan fingerprint density at radius 1 is 1.10 bits per heavy atom. The summed E-state index contributed by atoms with van der Waals surface area (Å²) in [5.74, 6) is -1.16. The number of ether oxygens (including phenoxy) is 1. The SMILES string of the molecule is Cc1ccccc1C(=O)N1CCC(C(=O)OCC(=O)c2ccc3c(c2)CC(=O)N3)CC1. The number of carbonyl (C=O) groups is 4. The van der Waals surface area contributed by atoms with Gasteiger partial charge >= 0.3 is 5.97 Å². The lowest BCUT2D eigenvalue weighted by atomic mass is 9.96. The van der Waals surface area contributed by atoms with Crippen molar-refractivity contribution in [3.05, 3.63) is 64.7 Å². The van der Waals surface area contributed by atoms with Gasteiger partial charge in [-0.15, -0.1) is 0 Å². The van der Waals surface area contributed by atoms with Gasteiger partial charge in [-0.1, -0.05) is 18.2 Å². The maximum atomic E-state index is 12.7. The second kappa shape index (κ2) is 8.71. The molecule has 0 aromatic heterocycles. The first-order valence-electron chi connectivity index (χ1n) is 10.4. The Balaban J connectivity index is 1.27. The number of likely N-dealkylation sites (tertiary alicyclic amines) is 1. The Hall–Kier alpha value is -3.48. The quantitative estimate of drug-likeness (QED) is 0.593. The molecule has 31 heavy (non-hydrogen) atoms. The fraction of sp³-hybridized carbons (Fsp3) is 0.333. The number of rotatable bonds is 5. The molecule has 1 N–H and O–H groups in total. The predicted octanol–water partition coefficient (Wildman–Crippen LogP) is 2.77. The smallest absolute Gasteiger partial charge is 0.309 e. The minimum Gasteiger partial charge on any atom is -0.457 e. The second-order valence-corrected chi connectivity index (χ2v) is 8.01. The third kappa shape index (κ3) is 4.50. The van der Waals surface area contributed by atoms with Crippen LogP contribution in [0.3, 0.4) is 0 Å². The van der Waals surface area contributed by atoms with E-state index in [1.165, 1.54) is 0 Å². The topological polar surface area (TPSA) is 92.8 Å². The molecule has 4 rings (SSSR count). The summed E-state index contributed by atoms with van der Waals surface area (Å²) in [5, 5.41) is 2.72. The third-order valence-electron chi connectivity index (χ3n) is 5.89. The highest BCUT2D eigenvalue weighted by Gasteiger charge is 2.29. The molecule has 1 fully saturated rings. The minimum absolute atomic E-state index is 0.0234. The molecule has 0 spiro atoms. The van der Waals surface area contributed by atoms with Gasteiger partial charge in [0, 0.05) is 29.9 Å². The zero-order chi connectivity index (χ0) is 22.0. The molecule has 2 aromatic carbocycles. The summed E-state index contributed by atoms with van der Waals surface area (Å²) in [6, 6.07) is 12.4. The molecule has 160 valence electrons. The number of hydrogen-bond acceptors (Lipinski definition) is 5. The van der Waals surface area contributed by atoms with E-state index in [4.69, 9.17) is 4.74 Å². The Kier molecular flexibility index (Phi) is 5.84. The fourth-order valence-electron chi connectivity index (χ4n) is 4.04. The first-order valence-corrected chi connectivity index (χ1v) is 10.4. The van der Waals surface area contributed by atoms with Crippen molar-refractivity contribution in [3.8, 4) is 0 Å². The Labute approximate surface area is 180 Å². The summed E-state index contributed by atoms with van der Waals surface area (Å²) in [6.07, 6.45) is 1.27. The third-order valence-corrected chi connectivity index (χ3v) is 5.89. The van der Waals surface area contributed by atoms with Crippen molar-refractivity contribution in [2.24, 2.45) is 5.92 Å². The molecule has 1 saturated heterocycles.